The van der Waals surface area contributed by atoms with Crippen LogP contribution in [0, 0.1) is 0 Å². The lowest BCUT2D eigenvalue weighted by molar-refractivity contribution is 0.0146. The molecule has 2 aromatic carbocycles. The predicted molar refractivity (Wildman–Crippen MR) is 76.6 cm³/mol. The van der Waals surface area contributed by atoms with Gasteiger partial charge in [-0.15, -0.1) is 0 Å². The van der Waals surface area contributed by atoms with E-state index in [1.165, 1.54) is 0 Å². The molecule has 0 bridgehead atoms. The van der Waals surface area contributed by atoms with Gasteiger partial charge in [-0.3, -0.25) is 0 Å². The van der Waals surface area contributed by atoms with E-state index in [4.69, 9.17) is 4.74 Å². The van der Waals surface area contributed by atoms with Gasteiger partial charge in [0.1, 0.15) is 11.9 Å². The van der Waals surface area contributed by atoms with Crippen molar-refractivity contribution in [1.82, 2.24) is 0 Å². The third-order valence-corrected chi connectivity index (χ3v) is 3.45. The Morgan fingerprint density at radius 3 is 2.60 bits per heavy atom. The number of aliphatic hydroxyl groups is 1. The van der Waals surface area contributed by atoms with Crippen molar-refractivity contribution in [3.05, 3.63) is 60.2 Å². The summed E-state index contributed by atoms with van der Waals surface area (Å²) in [6, 6.07) is 17.0. The summed E-state index contributed by atoms with van der Waals surface area (Å²) in [5.41, 5.74) is 1.92. The molecule has 4 heteroatoms. The molecule has 1 saturated heterocycles. The van der Waals surface area contributed by atoms with Crippen molar-refractivity contribution in [3.63, 3.8) is 0 Å². The SMILES string of the molecule is OCC1CN(c2ccccc2)C(c2cccc(O)c2)O1. The number of hydrogen-bond acceptors (Lipinski definition) is 4. The normalized spacial score (nSPS) is 22.1. The van der Waals surface area contributed by atoms with Crippen molar-refractivity contribution in [2.45, 2.75) is 12.3 Å². The topological polar surface area (TPSA) is 52.9 Å². The molecule has 1 fully saturated rings. The second kappa shape index (κ2) is 5.53. The summed E-state index contributed by atoms with van der Waals surface area (Å²) in [5, 5.41) is 19.0. The van der Waals surface area contributed by atoms with Gasteiger partial charge in [0, 0.05) is 17.8 Å². The molecular formula is C16H17NO3. The van der Waals surface area contributed by atoms with Crippen molar-refractivity contribution in [2.24, 2.45) is 0 Å². The molecule has 2 N–H and O–H groups in total. The molecule has 20 heavy (non-hydrogen) atoms. The standard InChI is InChI=1S/C16H17NO3/c18-11-15-10-17(13-6-2-1-3-7-13)16(20-15)12-5-4-8-14(19)9-12/h1-9,15-16,18-19H,10-11H2. The Labute approximate surface area is 117 Å². The first kappa shape index (κ1) is 13.0. The van der Waals surface area contributed by atoms with Gasteiger partial charge in [-0.2, -0.15) is 0 Å². The molecule has 2 aromatic rings. The van der Waals surface area contributed by atoms with Crippen LogP contribution in [-0.2, 0) is 4.74 Å². The first-order valence-corrected chi connectivity index (χ1v) is 6.65. The van der Waals surface area contributed by atoms with Gasteiger partial charge in [0.2, 0.25) is 0 Å². The van der Waals surface area contributed by atoms with Gasteiger partial charge in [-0.25, -0.2) is 0 Å². The van der Waals surface area contributed by atoms with E-state index in [9.17, 15) is 10.2 Å². The Bertz CT molecular complexity index is 573. The number of rotatable bonds is 3. The van der Waals surface area contributed by atoms with Gasteiger partial charge < -0.3 is 19.8 Å². The van der Waals surface area contributed by atoms with Gasteiger partial charge in [0.15, 0.2) is 6.23 Å². The lowest BCUT2D eigenvalue weighted by Gasteiger charge is -2.25. The number of anilines is 1. The van der Waals surface area contributed by atoms with Gasteiger partial charge in [0.05, 0.1) is 6.61 Å². The van der Waals surface area contributed by atoms with Crippen LogP contribution < -0.4 is 4.90 Å². The minimum Gasteiger partial charge on any atom is -0.508 e. The lowest BCUT2D eigenvalue weighted by atomic mass is 10.1. The highest BCUT2D eigenvalue weighted by Crippen LogP contribution is 2.35. The molecule has 0 spiro atoms. The van der Waals surface area contributed by atoms with E-state index in [0.717, 1.165) is 11.3 Å². The lowest BCUT2D eigenvalue weighted by Crippen LogP contribution is -2.25. The second-order valence-corrected chi connectivity index (χ2v) is 4.88. The molecule has 0 aromatic heterocycles. The average molecular weight is 271 g/mol. The maximum absolute atomic E-state index is 9.63. The van der Waals surface area contributed by atoms with E-state index in [2.05, 4.69) is 4.90 Å². The molecule has 2 unspecified atom stereocenters. The van der Waals surface area contributed by atoms with E-state index >= 15 is 0 Å². The zero-order chi connectivity index (χ0) is 13.9. The third kappa shape index (κ3) is 2.48. The zero-order valence-electron chi connectivity index (χ0n) is 11.0. The van der Waals surface area contributed by atoms with Crippen molar-refractivity contribution in [3.8, 4) is 5.75 Å². The van der Waals surface area contributed by atoms with Gasteiger partial charge in [-0.05, 0) is 24.3 Å². The first-order valence-electron chi connectivity index (χ1n) is 6.65. The van der Waals surface area contributed by atoms with Crippen LogP contribution >= 0.6 is 0 Å². The van der Waals surface area contributed by atoms with E-state index < -0.39 is 0 Å². The minimum atomic E-state index is -0.290. The number of phenols is 1. The maximum Gasteiger partial charge on any atom is 0.157 e. The van der Waals surface area contributed by atoms with Crippen molar-refractivity contribution < 1.29 is 14.9 Å². The van der Waals surface area contributed by atoms with Crippen LogP contribution in [0.2, 0.25) is 0 Å². The monoisotopic (exact) mass is 271 g/mol. The fraction of sp³-hybridized carbons (Fsp3) is 0.250. The number of aromatic hydroxyl groups is 1. The zero-order valence-corrected chi connectivity index (χ0v) is 11.0. The Morgan fingerprint density at radius 1 is 1.10 bits per heavy atom. The quantitative estimate of drug-likeness (QED) is 0.899. The molecule has 0 saturated carbocycles. The second-order valence-electron chi connectivity index (χ2n) is 4.88. The Kier molecular flexibility index (Phi) is 3.58. The number of ether oxygens (including phenoxy) is 1. The summed E-state index contributed by atoms with van der Waals surface area (Å²) >= 11 is 0. The molecule has 4 nitrogen and oxygen atoms in total. The van der Waals surface area contributed by atoms with Crippen molar-refractivity contribution in [1.29, 1.82) is 0 Å². The van der Waals surface area contributed by atoms with E-state index in [-0.39, 0.29) is 24.7 Å². The predicted octanol–water partition coefficient (Wildman–Crippen LogP) is 2.29. The van der Waals surface area contributed by atoms with Crippen LogP contribution in [0.25, 0.3) is 0 Å². The third-order valence-electron chi connectivity index (χ3n) is 3.45. The molecule has 0 radical (unpaired) electrons. The number of nitrogens with zero attached hydrogens (tertiary/aromatic N) is 1. The molecule has 0 aliphatic carbocycles. The summed E-state index contributed by atoms with van der Waals surface area (Å²) in [5.74, 6) is 0.214. The van der Waals surface area contributed by atoms with Crippen LogP contribution in [0.3, 0.4) is 0 Å². The Hall–Kier alpha value is -2.04. The van der Waals surface area contributed by atoms with Crippen LogP contribution in [-0.4, -0.2) is 29.5 Å². The minimum absolute atomic E-state index is 0.0152. The van der Waals surface area contributed by atoms with Gasteiger partial charge >= 0.3 is 0 Å². The van der Waals surface area contributed by atoms with Crippen molar-refractivity contribution >= 4 is 5.69 Å². The summed E-state index contributed by atoms with van der Waals surface area (Å²) in [7, 11) is 0. The van der Waals surface area contributed by atoms with Crippen LogP contribution in [0.15, 0.2) is 54.6 Å². The molecule has 104 valence electrons. The molecule has 1 aliphatic rings. The summed E-state index contributed by atoms with van der Waals surface area (Å²) in [6.45, 7) is 0.611. The first-order chi connectivity index (χ1) is 9.78. The largest absolute Gasteiger partial charge is 0.508 e. The van der Waals surface area contributed by atoms with Crippen LogP contribution in [0.4, 0.5) is 5.69 Å². The molecule has 3 rings (SSSR count). The van der Waals surface area contributed by atoms with E-state index in [1.807, 2.05) is 36.4 Å². The number of hydrogen-bond donors (Lipinski definition) is 2. The molecule has 0 amide bonds. The molecule has 1 aliphatic heterocycles. The highest BCUT2D eigenvalue weighted by atomic mass is 16.5. The highest BCUT2D eigenvalue weighted by molar-refractivity contribution is 5.49. The number of para-hydroxylation sites is 1. The van der Waals surface area contributed by atoms with Crippen LogP contribution in [0.5, 0.6) is 5.75 Å². The maximum atomic E-state index is 9.63. The summed E-state index contributed by atoms with van der Waals surface area (Å²) < 4.78 is 5.88. The average Bonchev–Trinajstić information content (AvgIpc) is 2.92. The van der Waals surface area contributed by atoms with Gasteiger partial charge in [0.25, 0.3) is 0 Å². The van der Waals surface area contributed by atoms with Crippen molar-refractivity contribution in [2.75, 3.05) is 18.1 Å². The van der Waals surface area contributed by atoms with E-state index in [0.29, 0.717) is 6.54 Å². The smallest absolute Gasteiger partial charge is 0.157 e. The molecular weight excluding hydrogens is 254 g/mol. The van der Waals surface area contributed by atoms with Gasteiger partial charge in [-0.1, -0.05) is 30.3 Å². The van der Waals surface area contributed by atoms with E-state index in [1.54, 1.807) is 18.2 Å². The fourth-order valence-corrected chi connectivity index (χ4v) is 2.51. The number of benzene rings is 2. The number of aliphatic hydroxyl groups excluding tert-OH is 1. The number of phenolic OH excluding ortho intramolecular Hbond substituents is 1. The highest BCUT2D eigenvalue weighted by Gasteiger charge is 2.33. The fourth-order valence-electron chi connectivity index (χ4n) is 2.51. The summed E-state index contributed by atoms with van der Waals surface area (Å²) in [4.78, 5) is 2.09. The molecule has 1 heterocycles. The Balaban J connectivity index is 1.94. The molecule has 2 atom stereocenters. The summed E-state index contributed by atoms with van der Waals surface area (Å²) in [6.07, 6.45) is -0.510. The Morgan fingerprint density at radius 2 is 1.90 bits per heavy atom. The van der Waals surface area contributed by atoms with Crippen LogP contribution in [0.1, 0.15) is 11.8 Å².